The highest BCUT2D eigenvalue weighted by Crippen LogP contribution is 2.00. The number of nitrogens with one attached hydrogen (secondary N) is 2. The standard InChI is InChI=1S/C12H15N3O5/c1-6-2-3-7(10(17)14-6)11(18)15-8(12(19)20)4-5-9(13)16/h2-3,8H,4-5H2,1H3,(H2,13,16)(H,14,17)(H,15,18)(H,19,20)/t8-/m1/s1. The molecule has 1 aromatic heterocycles. The van der Waals surface area contributed by atoms with Gasteiger partial charge in [0.05, 0.1) is 0 Å². The molecule has 1 heterocycles. The summed E-state index contributed by atoms with van der Waals surface area (Å²) in [6.07, 6.45) is -0.318. The summed E-state index contributed by atoms with van der Waals surface area (Å²) >= 11 is 0. The first-order valence-electron chi connectivity index (χ1n) is 5.83. The average molecular weight is 281 g/mol. The van der Waals surface area contributed by atoms with Gasteiger partial charge in [-0.2, -0.15) is 0 Å². The van der Waals surface area contributed by atoms with Gasteiger partial charge in [0.2, 0.25) is 5.91 Å². The van der Waals surface area contributed by atoms with Gasteiger partial charge in [-0.05, 0) is 25.5 Å². The first-order chi connectivity index (χ1) is 9.31. The van der Waals surface area contributed by atoms with Crippen molar-refractivity contribution in [2.45, 2.75) is 25.8 Å². The normalized spacial score (nSPS) is 11.7. The Morgan fingerprint density at radius 3 is 2.55 bits per heavy atom. The number of amides is 2. The Kier molecular flexibility index (Phi) is 5.01. The van der Waals surface area contributed by atoms with E-state index >= 15 is 0 Å². The van der Waals surface area contributed by atoms with Gasteiger partial charge < -0.3 is 21.1 Å². The van der Waals surface area contributed by atoms with Crippen LogP contribution in [0.1, 0.15) is 28.9 Å². The van der Waals surface area contributed by atoms with Gasteiger partial charge in [0, 0.05) is 12.1 Å². The maximum Gasteiger partial charge on any atom is 0.326 e. The molecule has 0 aliphatic carbocycles. The molecule has 20 heavy (non-hydrogen) atoms. The highest BCUT2D eigenvalue weighted by Gasteiger charge is 2.22. The first-order valence-corrected chi connectivity index (χ1v) is 5.83. The van der Waals surface area contributed by atoms with E-state index in [0.717, 1.165) is 0 Å². The van der Waals surface area contributed by atoms with Crippen molar-refractivity contribution in [1.82, 2.24) is 10.3 Å². The molecule has 0 aliphatic rings. The lowest BCUT2D eigenvalue weighted by molar-refractivity contribution is -0.139. The van der Waals surface area contributed by atoms with Crippen molar-refractivity contribution in [2.24, 2.45) is 5.73 Å². The number of nitrogens with two attached hydrogens (primary N) is 1. The quantitative estimate of drug-likeness (QED) is 0.536. The smallest absolute Gasteiger partial charge is 0.326 e. The van der Waals surface area contributed by atoms with Gasteiger partial charge in [0.1, 0.15) is 11.6 Å². The molecule has 0 spiro atoms. The molecule has 0 unspecified atom stereocenters. The van der Waals surface area contributed by atoms with Crippen LogP contribution in [0.3, 0.4) is 0 Å². The van der Waals surface area contributed by atoms with Gasteiger partial charge in [0.15, 0.2) is 0 Å². The fourth-order valence-electron chi connectivity index (χ4n) is 1.53. The van der Waals surface area contributed by atoms with Crippen molar-refractivity contribution >= 4 is 17.8 Å². The number of rotatable bonds is 6. The molecule has 0 fully saturated rings. The Morgan fingerprint density at radius 2 is 2.05 bits per heavy atom. The maximum absolute atomic E-state index is 11.8. The highest BCUT2D eigenvalue weighted by molar-refractivity contribution is 5.96. The third-order valence-corrected chi connectivity index (χ3v) is 2.58. The van der Waals surface area contributed by atoms with Crippen molar-refractivity contribution in [2.75, 3.05) is 0 Å². The summed E-state index contributed by atoms with van der Waals surface area (Å²) in [6, 6.07) is 1.54. The zero-order valence-corrected chi connectivity index (χ0v) is 10.8. The molecule has 5 N–H and O–H groups in total. The van der Waals surface area contributed by atoms with Gasteiger partial charge in [-0.15, -0.1) is 0 Å². The molecule has 0 bridgehead atoms. The summed E-state index contributed by atoms with van der Waals surface area (Å²) in [5.74, 6) is -2.79. The lowest BCUT2D eigenvalue weighted by Gasteiger charge is -2.13. The molecule has 108 valence electrons. The van der Waals surface area contributed by atoms with Crippen LogP contribution in [0, 0.1) is 6.92 Å². The second-order valence-corrected chi connectivity index (χ2v) is 4.25. The van der Waals surface area contributed by atoms with Gasteiger partial charge in [-0.1, -0.05) is 0 Å². The number of carbonyl (C=O) groups is 3. The molecule has 1 rings (SSSR count). The summed E-state index contributed by atoms with van der Waals surface area (Å²) < 4.78 is 0. The summed E-state index contributed by atoms with van der Waals surface area (Å²) in [4.78, 5) is 47.4. The Labute approximate surface area is 114 Å². The minimum Gasteiger partial charge on any atom is -0.480 e. The number of aliphatic carboxylic acids is 1. The summed E-state index contributed by atoms with van der Waals surface area (Å²) in [7, 11) is 0. The number of primary amides is 1. The van der Waals surface area contributed by atoms with Crippen LogP contribution in [0.5, 0.6) is 0 Å². The Balaban J connectivity index is 2.82. The topological polar surface area (TPSA) is 142 Å². The van der Waals surface area contributed by atoms with E-state index in [1.54, 1.807) is 6.92 Å². The summed E-state index contributed by atoms with van der Waals surface area (Å²) in [6.45, 7) is 1.65. The number of aromatic nitrogens is 1. The van der Waals surface area contributed by atoms with Crippen LogP contribution in [-0.4, -0.2) is 33.9 Å². The number of carbonyl (C=O) groups excluding carboxylic acids is 2. The van der Waals surface area contributed by atoms with Crippen LogP contribution in [0.15, 0.2) is 16.9 Å². The Bertz CT molecular complexity index is 593. The van der Waals surface area contributed by atoms with Crippen LogP contribution >= 0.6 is 0 Å². The van der Waals surface area contributed by atoms with Crippen molar-refractivity contribution in [3.05, 3.63) is 33.7 Å². The monoisotopic (exact) mass is 281 g/mol. The van der Waals surface area contributed by atoms with Gasteiger partial charge in [-0.25, -0.2) is 4.79 Å². The van der Waals surface area contributed by atoms with Crippen LogP contribution < -0.4 is 16.6 Å². The van der Waals surface area contributed by atoms with E-state index in [2.05, 4.69) is 10.3 Å². The second-order valence-electron chi connectivity index (χ2n) is 4.25. The van der Waals surface area contributed by atoms with E-state index in [-0.39, 0.29) is 18.4 Å². The highest BCUT2D eigenvalue weighted by atomic mass is 16.4. The van der Waals surface area contributed by atoms with Crippen LogP contribution in [0.25, 0.3) is 0 Å². The first kappa shape index (κ1) is 15.4. The molecule has 0 saturated carbocycles. The van der Waals surface area contributed by atoms with Crippen molar-refractivity contribution in [1.29, 1.82) is 0 Å². The molecule has 1 aromatic rings. The van der Waals surface area contributed by atoms with E-state index in [1.165, 1.54) is 12.1 Å². The number of aromatic amines is 1. The van der Waals surface area contributed by atoms with E-state index in [9.17, 15) is 19.2 Å². The third kappa shape index (κ3) is 4.23. The van der Waals surface area contributed by atoms with Crippen molar-refractivity contribution in [3.63, 3.8) is 0 Å². The number of aryl methyl sites for hydroxylation is 1. The number of carboxylic acid groups (broad SMARTS) is 1. The fraction of sp³-hybridized carbons (Fsp3) is 0.333. The van der Waals surface area contributed by atoms with E-state index in [4.69, 9.17) is 10.8 Å². The SMILES string of the molecule is Cc1ccc(C(=O)N[C@H](CCC(N)=O)C(=O)O)c(=O)[nH]1. The lowest BCUT2D eigenvalue weighted by Crippen LogP contribution is -2.43. The van der Waals surface area contributed by atoms with Gasteiger partial charge >= 0.3 is 5.97 Å². The molecule has 1 atom stereocenters. The number of carboxylic acids is 1. The molecule has 0 aromatic carbocycles. The molecule has 8 nitrogen and oxygen atoms in total. The number of pyridine rings is 1. The number of hydrogen-bond donors (Lipinski definition) is 4. The minimum atomic E-state index is -1.30. The maximum atomic E-state index is 11.8. The Morgan fingerprint density at radius 1 is 1.40 bits per heavy atom. The molecule has 0 radical (unpaired) electrons. The van der Waals surface area contributed by atoms with Gasteiger partial charge in [0.25, 0.3) is 11.5 Å². The predicted molar refractivity (Wildman–Crippen MR) is 69.1 cm³/mol. The third-order valence-electron chi connectivity index (χ3n) is 2.58. The largest absolute Gasteiger partial charge is 0.480 e. The average Bonchev–Trinajstić information content (AvgIpc) is 2.33. The second kappa shape index (κ2) is 6.50. The van der Waals surface area contributed by atoms with Crippen molar-refractivity contribution in [3.8, 4) is 0 Å². The number of H-pyrrole nitrogens is 1. The molecule has 0 aliphatic heterocycles. The molecule has 0 saturated heterocycles. The zero-order chi connectivity index (χ0) is 15.3. The van der Waals surface area contributed by atoms with Crippen LogP contribution in [0.4, 0.5) is 0 Å². The Hall–Kier alpha value is -2.64. The van der Waals surface area contributed by atoms with E-state index in [1.807, 2.05) is 0 Å². The van der Waals surface area contributed by atoms with E-state index < -0.39 is 29.4 Å². The van der Waals surface area contributed by atoms with Crippen molar-refractivity contribution < 1.29 is 19.5 Å². The lowest BCUT2D eigenvalue weighted by atomic mass is 10.1. The zero-order valence-electron chi connectivity index (χ0n) is 10.8. The van der Waals surface area contributed by atoms with Crippen LogP contribution in [0.2, 0.25) is 0 Å². The minimum absolute atomic E-state index is 0.139. The fourth-order valence-corrected chi connectivity index (χ4v) is 1.53. The van der Waals surface area contributed by atoms with E-state index in [0.29, 0.717) is 5.69 Å². The van der Waals surface area contributed by atoms with Crippen LogP contribution in [-0.2, 0) is 9.59 Å². The summed E-state index contributed by atoms with van der Waals surface area (Å²) in [5.41, 5.74) is 4.70. The summed E-state index contributed by atoms with van der Waals surface area (Å²) in [5, 5.41) is 11.1. The predicted octanol–water partition coefficient (Wildman–Crippen LogP) is -0.868. The van der Waals surface area contributed by atoms with Gasteiger partial charge in [-0.3, -0.25) is 14.4 Å². The molecular weight excluding hydrogens is 266 g/mol. The molecule has 2 amide bonds. The number of hydrogen-bond acceptors (Lipinski definition) is 4. The molecule has 8 heteroatoms. The molecular formula is C12H15N3O5.